The number of rotatable bonds is 7. The molecule has 2 aromatic rings. The van der Waals surface area contributed by atoms with E-state index in [-0.39, 0.29) is 0 Å². The molecule has 4 heteroatoms. The van der Waals surface area contributed by atoms with Gasteiger partial charge in [0.15, 0.2) is 0 Å². The quantitative estimate of drug-likeness (QED) is 0.705. The molecule has 2 rings (SSSR count). The monoisotopic (exact) mass is 318 g/mol. The Morgan fingerprint density at radius 3 is 2.45 bits per heavy atom. The number of hydrogen-bond donors (Lipinski definition) is 2. The molecule has 0 saturated carbocycles. The first-order valence-corrected chi connectivity index (χ1v) is 7.90. The minimum Gasteiger partial charge on any atom is -0.495 e. The molecule has 0 amide bonds. The molecule has 0 aliphatic carbocycles. The van der Waals surface area contributed by atoms with Gasteiger partial charge >= 0.3 is 0 Å². The second kappa shape index (κ2) is 7.95. The summed E-state index contributed by atoms with van der Waals surface area (Å²) >= 11 is 6.11. The molecule has 0 aromatic heterocycles. The van der Waals surface area contributed by atoms with Gasteiger partial charge in [0.1, 0.15) is 5.75 Å². The summed E-state index contributed by atoms with van der Waals surface area (Å²) in [6.07, 6.45) is 0. The van der Waals surface area contributed by atoms with Gasteiger partial charge in [0.05, 0.1) is 12.1 Å². The maximum Gasteiger partial charge on any atom is 0.137 e. The van der Waals surface area contributed by atoms with Crippen LogP contribution in [0.4, 0.5) is 11.4 Å². The lowest BCUT2D eigenvalue weighted by Gasteiger charge is -2.15. The lowest BCUT2D eigenvalue weighted by molar-refractivity contribution is 0.415. The molecule has 0 unspecified atom stereocenters. The smallest absolute Gasteiger partial charge is 0.137 e. The standard InChI is InChI=1S/C18H23ClN2O/c1-13(2)15-6-4-5-7-17(15)21-11-10-20-14-8-9-18(22-3)16(19)12-14/h4-9,12-13,20-21H,10-11H2,1-3H3. The van der Waals surface area contributed by atoms with Gasteiger partial charge in [-0.2, -0.15) is 0 Å². The van der Waals surface area contributed by atoms with Crippen LogP contribution < -0.4 is 15.4 Å². The van der Waals surface area contributed by atoms with E-state index in [0.717, 1.165) is 18.8 Å². The van der Waals surface area contributed by atoms with E-state index < -0.39 is 0 Å². The highest BCUT2D eigenvalue weighted by molar-refractivity contribution is 6.32. The molecule has 3 nitrogen and oxygen atoms in total. The lowest BCUT2D eigenvalue weighted by Crippen LogP contribution is -2.14. The van der Waals surface area contributed by atoms with Crippen molar-refractivity contribution in [2.45, 2.75) is 19.8 Å². The Labute approximate surface area is 137 Å². The molecule has 0 aliphatic heterocycles. The molecule has 0 fully saturated rings. The fourth-order valence-electron chi connectivity index (χ4n) is 2.34. The van der Waals surface area contributed by atoms with Gasteiger partial charge < -0.3 is 15.4 Å². The third-order valence-corrected chi connectivity index (χ3v) is 3.80. The lowest BCUT2D eigenvalue weighted by atomic mass is 10.0. The molecule has 0 bridgehead atoms. The minimum absolute atomic E-state index is 0.511. The topological polar surface area (TPSA) is 33.3 Å². The second-order valence-electron chi connectivity index (χ2n) is 5.44. The molecule has 0 atom stereocenters. The Hall–Kier alpha value is -1.87. The van der Waals surface area contributed by atoms with Crippen LogP contribution in [-0.4, -0.2) is 20.2 Å². The molecule has 0 saturated heterocycles. The second-order valence-corrected chi connectivity index (χ2v) is 5.85. The van der Waals surface area contributed by atoms with Crippen molar-refractivity contribution in [1.29, 1.82) is 0 Å². The molecule has 0 spiro atoms. The van der Waals surface area contributed by atoms with Crippen LogP contribution in [0.3, 0.4) is 0 Å². The number of ether oxygens (including phenoxy) is 1. The summed E-state index contributed by atoms with van der Waals surface area (Å²) < 4.78 is 5.15. The number of halogens is 1. The van der Waals surface area contributed by atoms with Crippen molar-refractivity contribution in [3.63, 3.8) is 0 Å². The van der Waals surface area contributed by atoms with Gasteiger partial charge in [-0.05, 0) is 35.7 Å². The molecule has 118 valence electrons. The zero-order chi connectivity index (χ0) is 15.9. The highest BCUT2D eigenvalue weighted by atomic mass is 35.5. The Kier molecular flexibility index (Phi) is 5.96. The van der Waals surface area contributed by atoms with E-state index in [1.807, 2.05) is 18.2 Å². The molecule has 2 aromatic carbocycles. The number of hydrogen-bond acceptors (Lipinski definition) is 3. The van der Waals surface area contributed by atoms with Gasteiger partial charge in [0.2, 0.25) is 0 Å². The fraction of sp³-hybridized carbons (Fsp3) is 0.333. The van der Waals surface area contributed by atoms with Crippen molar-refractivity contribution in [2.75, 3.05) is 30.8 Å². The summed E-state index contributed by atoms with van der Waals surface area (Å²) in [7, 11) is 1.62. The van der Waals surface area contributed by atoms with Crippen LogP contribution in [0, 0.1) is 0 Å². The summed E-state index contributed by atoms with van der Waals surface area (Å²) in [5, 5.41) is 7.45. The van der Waals surface area contributed by atoms with E-state index >= 15 is 0 Å². The van der Waals surface area contributed by atoms with Crippen molar-refractivity contribution in [1.82, 2.24) is 0 Å². The van der Waals surface area contributed by atoms with Gasteiger partial charge in [-0.15, -0.1) is 0 Å². The number of benzene rings is 2. The Bertz CT molecular complexity index is 614. The predicted molar refractivity (Wildman–Crippen MR) is 95.5 cm³/mol. The fourth-order valence-corrected chi connectivity index (χ4v) is 2.60. The van der Waals surface area contributed by atoms with E-state index in [0.29, 0.717) is 16.7 Å². The third-order valence-electron chi connectivity index (χ3n) is 3.50. The van der Waals surface area contributed by atoms with Crippen LogP contribution >= 0.6 is 11.6 Å². The normalized spacial score (nSPS) is 10.6. The molecule has 22 heavy (non-hydrogen) atoms. The van der Waals surface area contributed by atoms with Crippen LogP contribution in [0.5, 0.6) is 5.75 Å². The molecule has 0 heterocycles. The van der Waals surface area contributed by atoms with Crippen molar-refractivity contribution in [3.8, 4) is 5.75 Å². The average Bonchev–Trinajstić information content (AvgIpc) is 2.52. The summed E-state index contributed by atoms with van der Waals surface area (Å²) in [6, 6.07) is 14.1. The van der Waals surface area contributed by atoms with Crippen LogP contribution in [0.1, 0.15) is 25.3 Å². The van der Waals surface area contributed by atoms with Crippen LogP contribution in [0.25, 0.3) is 0 Å². The number of nitrogens with one attached hydrogen (secondary N) is 2. The van der Waals surface area contributed by atoms with Crippen LogP contribution in [-0.2, 0) is 0 Å². The number of para-hydroxylation sites is 1. The number of anilines is 2. The third kappa shape index (κ3) is 4.31. The molecular weight excluding hydrogens is 296 g/mol. The largest absolute Gasteiger partial charge is 0.495 e. The van der Waals surface area contributed by atoms with Gasteiger partial charge in [-0.1, -0.05) is 43.6 Å². The van der Waals surface area contributed by atoms with E-state index in [9.17, 15) is 0 Å². The zero-order valence-electron chi connectivity index (χ0n) is 13.3. The highest BCUT2D eigenvalue weighted by Crippen LogP contribution is 2.27. The first-order valence-electron chi connectivity index (χ1n) is 7.52. The molecular formula is C18H23ClN2O. The Balaban J connectivity index is 1.86. The number of methoxy groups -OCH3 is 1. The van der Waals surface area contributed by atoms with Gasteiger partial charge in [-0.25, -0.2) is 0 Å². The Morgan fingerprint density at radius 1 is 1.05 bits per heavy atom. The summed E-state index contributed by atoms with van der Waals surface area (Å²) in [5.41, 5.74) is 3.53. The first kappa shape index (κ1) is 16.5. The zero-order valence-corrected chi connectivity index (χ0v) is 14.1. The van der Waals surface area contributed by atoms with Crippen molar-refractivity contribution in [2.24, 2.45) is 0 Å². The van der Waals surface area contributed by atoms with Gasteiger partial charge in [0.25, 0.3) is 0 Å². The summed E-state index contributed by atoms with van der Waals surface area (Å²) in [5.74, 6) is 1.20. The predicted octanol–water partition coefficient (Wildman–Crippen LogP) is 5.00. The van der Waals surface area contributed by atoms with Crippen LogP contribution in [0.15, 0.2) is 42.5 Å². The molecule has 0 radical (unpaired) electrons. The van der Waals surface area contributed by atoms with E-state index in [4.69, 9.17) is 16.3 Å². The Morgan fingerprint density at radius 2 is 1.77 bits per heavy atom. The van der Waals surface area contributed by atoms with E-state index in [1.165, 1.54) is 11.3 Å². The maximum absolute atomic E-state index is 6.11. The summed E-state index contributed by atoms with van der Waals surface area (Å²) in [6.45, 7) is 6.07. The SMILES string of the molecule is COc1ccc(NCCNc2ccccc2C(C)C)cc1Cl. The molecule has 2 N–H and O–H groups in total. The van der Waals surface area contributed by atoms with E-state index in [1.54, 1.807) is 7.11 Å². The molecule has 0 aliphatic rings. The van der Waals surface area contributed by atoms with Crippen LogP contribution in [0.2, 0.25) is 5.02 Å². The minimum atomic E-state index is 0.511. The van der Waals surface area contributed by atoms with Crippen molar-refractivity contribution >= 4 is 23.0 Å². The van der Waals surface area contributed by atoms with Gasteiger partial charge in [-0.3, -0.25) is 0 Å². The van der Waals surface area contributed by atoms with Crippen molar-refractivity contribution < 1.29 is 4.74 Å². The average molecular weight is 319 g/mol. The van der Waals surface area contributed by atoms with E-state index in [2.05, 4.69) is 48.7 Å². The summed E-state index contributed by atoms with van der Waals surface area (Å²) in [4.78, 5) is 0. The highest BCUT2D eigenvalue weighted by Gasteiger charge is 2.05. The van der Waals surface area contributed by atoms with Gasteiger partial charge in [0, 0.05) is 24.5 Å². The maximum atomic E-state index is 6.11. The first-order chi connectivity index (χ1) is 10.6. The van der Waals surface area contributed by atoms with Crippen molar-refractivity contribution in [3.05, 3.63) is 53.1 Å².